The van der Waals surface area contributed by atoms with Gasteiger partial charge in [0.1, 0.15) is 5.75 Å². The fraction of sp³-hybridized carbons (Fsp3) is 0.0714. The molecule has 22 heavy (non-hydrogen) atoms. The number of furan rings is 1. The van der Waals surface area contributed by atoms with Crippen molar-refractivity contribution in [2.45, 2.75) is 0 Å². The third kappa shape index (κ3) is 3.02. The maximum atomic E-state index is 12.0. The predicted molar refractivity (Wildman–Crippen MR) is 86.3 cm³/mol. The van der Waals surface area contributed by atoms with Crippen LogP contribution in [-0.2, 0) is 0 Å². The summed E-state index contributed by atoms with van der Waals surface area (Å²) < 4.78 is 14.8. The SMILES string of the molecule is COc1ccc(-c2nsc(NC(=O)c3ccoc3Br)n2)cc1. The number of halogens is 1. The van der Waals surface area contributed by atoms with Crippen molar-refractivity contribution in [2.75, 3.05) is 12.4 Å². The lowest BCUT2D eigenvalue weighted by Gasteiger charge is -2.00. The van der Waals surface area contributed by atoms with Crippen LogP contribution in [0.2, 0.25) is 0 Å². The number of ether oxygens (including phenoxy) is 1. The first-order valence-corrected chi connectivity index (χ1v) is 7.76. The summed E-state index contributed by atoms with van der Waals surface area (Å²) in [5.41, 5.74) is 1.25. The Labute approximate surface area is 138 Å². The van der Waals surface area contributed by atoms with Gasteiger partial charge >= 0.3 is 0 Å². The minimum Gasteiger partial charge on any atom is -0.497 e. The van der Waals surface area contributed by atoms with Crippen LogP contribution in [-0.4, -0.2) is 22.4 Å². The van der Waals surface area contributed by atoms with E-state index in [1.807, 2.05) is 24.3 Å². The molecule has 0 spiro atoms. The van der Waals surface area contributed by atoms with Crippen molar-refractivity contribution in [2.24, 2.45) is 0 Å². The van der Waals surface area contributed by atoms with Gasteiger partial charge in [0.2, 0.25) is 5.13 Å². The minimum atomic E-state index is -0.307. The molecule has 6 nitrogen and oxygen atoms in total. The summed E-state index contributed by atoms with van der Waals surface area (Å²) in [6.45, 7) is 0. The number of aromatic nitrogens is 2. The number of nitrogens with zero attached hydrogens (tertiary/aromatic N) is 2. The Morgan fingerprint density at radius 2 is 2.09 bits per heavy atom. The lowest BCUT2D eigenvalue weighted by atomic mass is 10.2. The number of nitrogens with one attached hydrogen (secondary N) is 1. The lowest BCUT2D eigenvalue weighted by Crippen LogP contribution is -2.11. The Balaban J connectivity index is 1.76. The van der Waals surface area contributed by atoms with Gasteiger partial charge in [0.15, 0.2) is 10.5 Å². The number of hydrogen-bond acceptors (Lipinski definition) is 6. The number of amides is 1. The van der Waals surface area contributed by atoms with Crippen molar-refractivity contribution in [3.63, 3.8) is 0 Å². The molecule has 0 unspecified atom stereocenters. The summed E-state index contributed by atoms with van der Waals surface area (Å²) in [5.74, 6) is 1.00. The zero-order valence-corrected chi connectivity index (χ0v) is 13.8. The Morgan fingerprint density at radius 3 is 2.73 bits per heavy atom. The summed E-state index contributed by atoms with van der Waals surface area (Å²) >= 11 is 4.28. The molecule has 0 aliphatic heterocycles. The molecule has 0 saturated carbocycles. The zero-order chi connectivity index (χ0) is 15.5. The van der Waals surface area contributed by atoms with Crippen LogP contribution in [0.25, 0.3) is 11.4 Å². The normalized spacial score (nSPS) is 10.5. The van der Waals surface area contributed by atoms with E-state index in [4.69, 9.17) is 9.15 Å². The van der Waals surface area contributed by atoms with Crippen molar-refractivity contribution >= 4 is 38.5 Å². The van der Waals surface area contributed by atoms with Gasteiger partial charge in [-0.15, -0.1) is 0 Å². The van der Waals surface area contributed by atoms with E-state index >= 15 is 0 Å². The molecule has 0 fully saturated rings. The summed E-state index contributed by atoms with van der Waals surface area (Å²) in [6, 6.07) is 8.96. The van der Waals surface area contributed by atoms with Crippen LogP contribution in [0.1, 0.15) is 10.4 Å². The molecule has 8 heteroatoms. The van der Waals surface area contributed by atoms with E-state index in [0.29, 0.717) is 21.2 Å². The van der Waals surface area contributed by atoms with E-state index < -0.39 is 0 Å². The Bertz CT molecular complexity index is 798. The van der Waals surface area contributed by atoms with Crippen molar-refractivity contribution < 1.29 is 13.9 Å². The fourth-order valence-corrected chi connectivity index (χ4v) is 2.76. The number of anilines is 1. The molecule has 2 heterocycles. The summed E-state index contributed by atoms with van der Waals surface area (Å²) in [6.07, 6.45) is 1.43. The van der Waals surface area contributed by atoms with Gasteiger partial charge in [-0.3, -0.25) is 10.1 Å². The molecule has 1 aromatic carbocycles. The van der Waals surface area contributed by atoms with Crippen LogP contribution in [0.5, 0.6) is 5.75 Å². The molecule has 2 aromatic heterocycles. The van der Waals surface area contributed by atoms with E-state index in [0.717, 1.165) is 22.8 Å². The molecule has 0 atom stereocenters. The molecule has 0 aliphatic carbocycles. The second kappa shape index (κ2) is 6.29. The van der Waals surface area contributed by atoms with Gasteiger partial charge in [-0.2, -0.15) is 9.36 Å². The number of methoxy groups -OCH3 is 1. The van der Waals surface area contributed by atoms with Crippen molar-refractivity contribution in [3.05, 3.63) is 46.8 Å². The highest BCUT2D eigenvalue weighted by Crippen LogP contribution is 2.24. The van der Waals surface area contributed by atoms with E-state index in [1.54, 1.807) is 13.2 Å². The lowest BCUT2D eigenvalue weighted by molar-refractivity contribution is 0.102. The molecule has 0 radical (unpaired) electrons. The van der Waals surface area contributed by atoms with E-state index in [-0.39, 0.29) is 5.91 Å². The van der Waals surface area contributed by atoms with Crippen molar-refractivity contribution in [1.29, 1.82) is 0 Å². The van der Waals surface area contributed by atoms with Crippen LogP contribution >= 0.6 is 27.5 Å². The third-order valence-corrected chi connectivity index (χ3v) is 4.10. The molecule has 3 rings (SSSR count). The maximum absolute atomic E-state index is 12.0. The van der Waals surface area contributed by atoms with Gasteiger partial charge in [-0.05, 0) is 46.3 Å². The van der Waals surface area contributed by atoms with Crippen LogP contribution < -0.4 is 10.1 Å². The van der Waals surface area contributed by atoms with E-state index in [1.165, 1.54) is 6.26 Å². The molecule has 0 saturated heterocycles. The zero-order valence-electron chi connectivity index (χ0n) is 11.4. The first-order chi connectivity index (χ1) is 10.7. The standard InChI is InChI=1S/C14H10BrN3O3S/c1-20-9-4-2-8(3-5-9)12-16-14(22-18-12)17-13(19)10-6-7-21-11(10)15/h2-7H,1H3,(H,16,17,18,19). The van der Waals surface area contributed by atoms with E-state index in [9.17, 15) is 4.79 Å². The van der Waals surface area contributed by atoms with Crippen LogP contribution in [0.4, 0.5) is 5.13 Å². The Hall–Kier alpha value is -2.19. The van der Waals surface area contributed by atoms with Gasteiger partial charge in [-0.1, -0.05) is 0 Å². The average molecular weight is 380 g/mol. The summed E-state index contributed by atoms with van der Waals surface area (Å²) in [7, 11) is 1.61. The second-order valence-electron chi connectivity index (χ2n) is 4.21. The molecule has 3 aromatic rings. The van der Waals surface area contributed by atoms with E-state index in [2.05, 4.69) is 30.6 Å². The monoisotopic (exact) mass is 379 g/mol. The number of carbonyl (C=O) groups excluding carboxylic acids is 1. The number of carbonyl (C=O) groups is 1. The smallest absolute Gasteiger partial charge is 0.261 e. The van der Waals surface area contributed by atoms with Crippen LogP contribution in [0.3, 0.4) is 0 Å². The van der Waals surface area contributed by atoms with Crippen LogP contribution in [0.15, 0.2) is 45.7 Å². The molecule has 0 bridgehead atoms. The minimum absolute atomic E-state index is 0.307. The van der Waals surface area contributed by atoms with Crippen molar-refractivity contribution in [3.8, 4) is 17.1 Å². The maximum Gasteiger partial charge on any atom is 0.261 e. The highest BCUT2D eigenvalue weighted by atomic mass is 79.9. The summed E-state index contributed by atoms with van der Waals surface area (Å²) in [4.78, 5) is 16.4. The highest BCUT2D eigenvalue weighted by Gasteiger charge is 2.15. The predicted octanol–water partition coefficient (Wildman–Crippen LogP) is 3.82. The van der Waals surface area contributed by atoms with Gasteiger partial charge < -0.3 is 9.15 Å². The number of hydrogen-bond donors (Lipinski definition) is 1. The van der Waals surface area contributed by atoms with Gasteiger partial charge in [0, 0.05) is 17.1 Å². The first kappa shape index (κ1) is 14.7. The largest absolute Gasteiger partial charge is 0.497 e. The molecule has 1 amide bonds. The van der Waals surface area contributed by atoms with Crippen LogP contribution in [0, 0.1) is 0 Å². The van der Waals surface area contributed by atoms with Gasteiger partial charge in [0.05, 0.1) is 18.9 Å². The second-order valence-corrected chi connectivity index (χ2v) is 5.69. The molecule has 112 valence electrons. The van der Waals surface area contributed by atoms with Gasteiger partial charge in [-0.25, -0.2) is 0 Å². The fourth-order valence-electron chi connectivity index (χ4n) is 1.75. The molecule has 1 N–H and O–H groups in total. The quantitative estimate of drug-likeness (QED) is 0.745. The summed E-state index contributed by atoms with van der Waals surface area (Å²) in [5, 5.41) is 3.11. The third-order valence-electron chi connectivity index (χ3n) is 2.86. The van der Waals surface area contributed by atoms with Gasteiger partial charge in [0.25, 0.3) is 5.91 Å². The molecular weight excluding hydrogens is 370 g/mol. The molecular formula is C14H10BrN3O3S. The highest BCUT2D eigenvalue weighted by molar-refractivity contribution is 9.10. The average Bonchev–Trinajstić information content (AvgIpc) is 3.16. The topological polar surface area (TPSA) is 77.2 Å². The van der Waals surface area contributed by atoms with Crippen molar-refractivity contribution in [1.82, 2.24) is 9.36 Å². The molecule has 0 aliphatic rings. The first-order valence-electron chi connectivity index (χ1n) is 6.20. The number of rotatable bonds is 4. The Kier molecular flexibility index (Phi) is 4.21. The number of benzene rings is 1. The Morgan fingerprint density at radius 1 is 1.32 bits per heavy atom.